The molecule has 1 aliphatic carbocycles. The highest BCUT2D eigenvalue weighted by atomic mass is 16.7. The smallest absolute Gasteiger partial charge is 0.320 e. The van der Waals surface area contributed by atoms with Gasteiger partial charge in [-0.3, -0.25) is 5.10 Å². The number of ether oxygens (including phenoxy) is 2. The number of urea groups is 1. The molecule has 2 amide bonds. The molecule has 0 radical (unpaired) electrons. The van der Waals surface area contributed by atoms with E-state index in [1.165, 1.54) is 0 Å². The summed E-state index contributed by atoms with van der Waals surface area (Å²) in [6.07, 6.45) is 3.98. The average Bonchev–Trinajstić information content (AvgIpc) is 3.47. The lowest BCUT2D eigenvalue weighted by Crippen LogP contribution is -2.34. The number of aryl methyl sites for hydroxylation is 1. The summed E-state index contributed by atoms with van der Waals surface area (Å²) in [4.78, 5) is 17.2. The van der Waals surface area contributed by atoms with Gasteiger partial charge in [0, 0.05) is 24.6 Å². The molecule has 0 saturated heterocycles. The standard InChI is InChI=1S/C22H23N5O3/c1-14-23-20(27-26-14)19(15-7-3-2-4-8-15)25-21(28)24-16-9-10-17-18(13-16)30-22(29-17)11-5-6-12-22/h2-4,7-10,13,19H,5-6,11-12H2,1H3,(H,23,26,27)(H2,24,25,28). The van der Waals surface area contributed by atoms with Gasteiger partial charge in [-0.15, -0.1) is 0 Å². The summed E-state index contributed by atoms with van der Waals surface area (Å²) in [6, 6.07) is 14.2. The van der Waals surface area contributed by atoms with Crippen LogP contribution in [0.25, 0.3) is 0 Å². The number of aromatic nitrogens is 3. The van der Waals surface area contributed by atoms with Crippen molar-refractivity contribution in [2.75, 3.05) is 5.32 Å². The fraction of sp³-hybridized carbons (Fsp3) is 0.318. The van der Waals surface area contributed by atoms with Crippen molar-refractivity contribution in [1.82, 2.24) is 20.5 Å². The molecule has 2 aliphatic rings. The molecule has 3 N–H and O–H groups in total. The second-order valence-electron chi connectivity index (χ2n) is 7.70. The zero-order chi connectivity index (χ0) is 20.6. The third-order valence-electron chi connectivity index (χ3n) is 5.44. The van der Waals surface area contributed by atoms with Crippen molar-refractivity contribution in [2.24, 2.45) is 0 Å². The molecule has 154 valence electrons. The first-order valence-corrected chi connectivity index (χ1v) is 10.1. The minimum Gasteiger partial charge on any atom is -0.448 e. The Morgan fingerprint density at radius 1 is 1.10 bits per heavy atom. The normalized spacial score (nSPS) is 17.1. The lowest BCUT2D eigenvalue weighted by Gasteiger charge is -2.21. The molecule has 1 saturated carbocycles. The van der Waals surface area contributed by atoms with Gasteiger partial charge in [-0.1, -0.05) is 30.3 Å². The summed E-state index contributed by atoms with van der Waals surface area (Å²) in [5.74, 6) is 2.05. The van der Waals surface area contributed by atoms with Gasteiger partial charge in [0.15, 0.2) is 17.3 Å². The van der Waals surface area contributed by atoms with E-state index in [2.05, 4.69) is 25.8 Å². The molecular formula is C22H23N5O3. The van der Waals surface area contributed by atoms with Crippen molar-refractivity contribution in [3.8, 4) is 11.5 Å². The summed E-state index contributed by atoms with van der Waals surface area (Å²) in [5, 5.41) is 12.9. The number of benzene rings is 2. The average molecular weight is 405 g/mol. The molecule has 30 heavy (non-hydrogen) atoms. The number of amides is 2. The topological polar surface area (TPSA) is 101 Å². The number of hydrogen-bond donors (Lipinski definition) is 3. The van der Waals surface area contributed by atoms with E-state index < -0.39 is 11.8 Å². The second-order valence-corrected chi connectivity index (χ2v) is 7.70. The van der Waals surface area contributed by atoms with Crippen LogP contribution in [0.15, 0.2) is 48.5 Å². The first-order chi connectivity index (χ1) is 14.6. The Balaban J connectivity index is 1.31. The number of fused-ring (bicyclic) bond motifs is 1. The van der Waals surface area contributed by atoms with Crippen LogP contribution in [0.2, 0.25) is 0 Å². The SMILES string of the molecule is Cc1nc(C(NC(=O)Nc2ccc3c(c2)OC2(CCCC2)O3)c2ccccc2)n[nH]1. The Hall–Kier alpha value is -3.55. The van der Waals surface area contributed by atoms with E-state index in [9.17, 15) is 4.79 Å². The molecule has 2 heterocycles. The van der Waals surface area contributed by atoms with Crippen molar-refractivity contribution in [3.63, 3.8) is 0 Å². The molecule has 3 aromatic rings. The van der Waals surface area contributed by atoms with Crippen molar-refractivity contribution in [2.45, 2.75) is 44.4 Å². The van der Waals surface area contributed by atoms with Gasteiger partial charge < -0.3 is 20.1 Å². The van der Waals surface area contributed by atoms with Crippen LogP contribution in [0.1, 0.15) is 48.9 Å². The van der Waals surface area contributed by atoms with E-state index in [1.807, 2.05) is 49.4 Å². The van der Waals surface area contributed by atoms with Crippen LogP contribution in [0, 0.1) is 6.92 Å². The molecular weight excluding hydrogens is 382 g/mol. The zero-order valence-corrected chi connectivity index (χ0v) is 16.6. The third kappa shape index (κ3) is 3.56. The van der Waals surface area contributed by atoms with Crippen LogP contribution < -0.4 is 20.1 Å². The molecule has 1 unspecified atom stereocenters. The molecule has 1 aliphatic heterocycles. The number of rotatable bonds is 4. The maximum absolute atomic E-state index is 12.8. The number of aromatic amines is 1. The van der Waals surface area contributed by atoms with Crippen molar-refractivity contribution in [1.29, 1.82) is 0 Å². The Morgan fingerprint density at radius 3 is 2.60 bits per heavy atom. The first kappa shape index (κ1) is 18.5. The van der Waals surface area contributed by atoms with E-state index in [1.54, 1.807) is 6.07 Å². The summed E-state index contributed by atoms with van der Waals surface area (Å²) in [7, 11) is 0. The van der Waals surface area contributed by atoms with Crippen LogP contribution in [-0.2, 0) is 0 Å². The lowest BCUT2D eigenvalue weighted by molar-refractivity contribution is -0.0716. The predicted octanol–water partition coefficient (Wildman–Crippen LogP) is 4.07. The number of carbonyl (C=O) groups excluding carboxylic acids is 1. The van der Waals surface area contributed by atoms with Crippen LogP contribution >= 0.6 is 0 Å². The highest BCUT2D eigenvalue weighted by Gasteiger charge is 2.44. The van der Waals surface area contributed by atoms with Gasteiger partial charge >= 0.3 is 6.03 Å². The van der Waals surface area contributed by atoms with Crippen molar-refractivity contribution >= 4 is 11.7 Å². The molecule has 0 bridgehead atoms. The summed E-state index contributed by atoms with van der Waals surface area (Å²) in [6.45, 7) is 1.82. The number of nitrogens with one attached hydrogen (secondary N) is 3. The quantitative estimate of drug-likeness (QED) is 0.607. The van der Waals surface area contributed by atoms with Gasteiger partial charge in [0.2, 0.25) is 0 Å². The molecule has 1 aromatic heterocycles. The Kier molecular flexibility index (Phi) is 4.54. The minimum atomic E-state index is -0.523. The van der Waals surface area contributed by atoms with Crippen molar-refractivity contribution < 1.29 is 14.3 Å². The summed E-state index contributed by atoms with van der Waals surface area (Å²) >= 11 is 0. The van der Waals surface area contributed by atoms with E-state index in [4.69, 9.17) is 9.47 Å². The van der Waals surface area contributed by atoms with E-state index in [-0.39, 0.29) is 6.03 Å². The highest BCUT2D eigenvalue weighted by molar-refractivity contribution is 5.90. The molecule has 2 aromatic carbocycles. The molecule has 8 heteroatoms. The number of carbonyl (C=O) groups is 1. The second kappa shape index (κ2) is 7.37. The summed E-state index contributed by atoms with van der Waals surface area (Å²) in [5.41, 5.74) is 1.52. The van der Waals surface area contributed by atoms with Gasteiger partial charge in [0.05, 0.1) is 0 Å². The first-order valence-electron chi connectivity index (χ1n) is 10.1. The molecule has 5 rings (SSSR count). The largest absolute Gasteiger partial charge is 0.448 e. The van der Waals surface area contributed by atoms with Crippen LogP contribution in [0.3, 0.4) is 0 Å². The Labute approximate surface area is 174 Å². The predicted molar refractivity (Wildman–Crippen MR) is 110 cm³/mol. The summed E-state index contributed by atoms with van der Waals surface area (Å²) < 4.78 is 12.1. The van der Waals surface area contributed by atoms with E-state index >= 15 is 0 Å². The molecule has 8 nitrogen and oxygen atoms in total. The highest BCUT2D eigenvalue weighted by Crippen LogP contribution is 2.47. The number of nitrogens with zero attached hydrogens (tertiary/aromatic N) is 2. The monoisotopic (exact) mass is 405 g/mol. The van der Waals surface area contributed by atoms with Crippen LogP contribution in [0.5, 0.6) is 11.5 Å². The van der Waals surface area contributed by atoms with Gasteiger partial charge in [0.1, 0.15) is 11.9 Å². The fourth-order valence-electron chi connectivity index (χ4n) is 4.02. The number of anilines is 1. The van der Waals surface area contributed by atoms with E-state index in [0.29, 0.717) is 23.1 Å². The minimum absolute atomic E-state index is 0.360. The van der Waals surface area contributed by atoms with E-state index in [0.717, 1.165) is 37.0 Å². The van der Waals surface area contributed by atoms with Crippen LogP contribution in [0.4, 0.5) is 10.5 Å². The molecule has 1 fully saturated rings. The van der Waals surface area contributed by atoms with Gasteiger partial charge in [-0.25, -0.2) is 9.78 Å². The number of hydrogen-bond acceptors (Lipinski definition) is 5. The van der Waals surface area contributed by atoms with Crippen molar-refractivity contribution in [3.05, 3.63) is 65.7 Å². The zero-order valence-electron chi connectivity index (χ0n) is 16.6. The fourth-order valence-corrected chi connectivity index (χ4v) is 4.02. The maximum atomic E-state index is 12.8. The Bertz CT molecular complexity index is 1060. The van der Waals surface area contributed by atoms with Gasteiger partial charge in [-0.05, 0) is 37.5 Å². The number of H-pyrrole nitrogens is 1. The molecule has 1 spiro atoms. The lowest BCUT2D eigenvalue weighted by atomic mass is 10.1. The van der Waals surface area contributed by atoms with Gasteiger partial charge in [0.25, 0.3) is 5.79 Å². The third-order valence-corrected chi connectivity index (χ3v) is 5.44. The Morgan fingerprint density at radius 2 is 1.87 bits per heavy atom. The van der Waals surface area contributed by atoms with Gasteiger partial charge in [-0.2, -0.15) is 5.10 Å². The molecule has 1 atom stereocenters. The maximum Gasteiger partial charge on any atom is 0.320 e. The van der Waals surface area contributed by atoms with Crippen LogP contribution in [-0.4, -0.2) is 27.0 Å².